The fraction of sp³-hybridized carbons (Fsp3) is 0.872. The first-order chi connectivity index (χ1) is 30.0. The van der Waals surface area contributed by atoms with E-state index in [4.69, 9.17) is 28.4 Å². The van der Waals surface area contributed by atoms with Gasteiger partial charge in [0, 0.05) is 12.8 Å². The Balaban J connectivity index is 1.85. The molecule has 15 nitrogen and oxygen atoms in total. The maximum absolute atomic E-state index is 12.9. The van der Waals surface area contributed by atoms with Crippen molar-refractivity contribution in [1.82, 2.24) is 0 Å². The lowest BCUT2D eigenvalue weighted by Crippen LogP contribution is -2.61. The summed E-state index contributed by atoms with van der Waals surface area (Å²) in [7, 11) is 0. The van der Waals surface area contributed by atoms with Crippen LogP contribution in [0.3, 0.4) is 0 Å². The normalized spacial score (nSPS) is 27.2. The third-order valence-electron chi connectivity index (χ3n) is 11.4. The van der Waals surface area contributed by atoms with Crippen molar-refractivity contribution in [3.63, 3.8) is 0 Å². The Hall–Kier alpha value is -2.02. The predicted molar refractivity (Wildman–Crippen MR) is 234 cm³/mol. The van der Waals surface area contributed by atoms with Gasteiger partial charge in [-0.1, -0.05) is 122 Å². The molecule has 2 rings (SSSR count). The first-order valence-electron chi connectivity index (χ1n) is 23.9. The summed E-state index contributed by atoms with van der Waals surface area (Å²) in [6, 6.07) is 0. The van der Waals surface area contributed by atoms with Gasteiger partial charge < -0.3 is 64.2 Å². The van der Waals surface area contributed by atoms with E-state index in [9.17, 15) is 45.3 Å². The molecule has 0 saturated carbocycles. The summed E-state index contributed by atoms with van der Waals surface area (Å²) in [5, 5.41) is 71.9. The van der Waals surface area contributed by atoms with Crippen LogP contribution < -0.4 is 0 Å². The summed E-state index contributed by atoms with van der Waals surface area (Å²) in [6.07, 6.45) is 16.5. The number of aliphatic hydroxyl groups is 7. The Morgan fingerprint density at radius 1 is 0.500 bits per heavy atom. The molecule has 362 valence electrons. The average Bonchev–Trinajstić information content (AvgIpc) is 3.26. The molecular formula is C47H84O15. The third kappa shape index (κ3) is 23.8. The zero-order valence-electron chi connectivity index (χ0n) is 37.9. The van der Waals surface area contributed by atoms with Crippen molar-refractivity contribution in [2.24, 2.45) is 0 Å². The number of unbranched alkanes of at least 4 members (excludes halogenated alkanes) is 18. The Morgan fingerprint density at radius 3 is 1.47 bits per heavy atom. The second-order valence-electron chi connectivity index (χ2n) is 16.9. The first kappa shape index (κ1) is 56.1. The van der Waals surface area contributed by atoms with E-state index in [1.807, 2.05) is 0 Å². The van der Waals surface area contributed by atoms with Crippen LogP contribution in [0.5, 0.6) is 0 Å². The van der Waals surface area contributed by atoms with Crippen molar-refractivity contribution >= 4 is 11.9 Å². The maximum Gasteiger partial charge on any atom is 0.306 e. The number of ether oxygens (including phenoxy) is 6. The number of aliphatic hydroxyl groups excluding tert-OH is 7. The maximum atomic E-state index is 12.9. The molecule has 62 heavy (non-hydrogen) atoms. The van der Waals surface area contributed by atoms with Crippen LogP contribution in [-0.2, 0) is 38.0 Å². The number of allylic oxidation sites excluding steroid dienone is 4. The molecule has 2 aliphatic rings. The first-order valence-corrected chi connectivity index (χ1v) is 23.9. The van der Waals surface area contributed by atoms with Crippen molar-refractivity contribution in [2.45, 2.75) is 235 Å². The summed E-state index contributed by atoms with van der Waals surface area (Å²) in [6.45, 7) is 2.51. The second kappa shape index (κ2) is 35.3. The summed E-state index contributed by atoms with van der Waals surface area (Å²) < 4.78 is 33.5. The topological polar surface area (TPSA) is 231 Å². The number of hydrogen-bond acceptors (Lipinski definition) is 15. The standard InChI is InChI=1S/C47H84O15/c1-3-5-7-9-11-13-15-16-17-18-20-22-24-26-28-30-39(50)60-35(32-57-38(49)29-27-25-23-21-19-14-12-10-8-6-4-2)33-58-46-45(56)43(54)41(52)37(62-46)34-59-47-44(55)42(53)40(51)36(31-48)61-47/h10,12,16-17,35-37,40-48,51-56H,3-9,11,13-15,18-34H2,1-2H3/b12-10-,17-16-. The van der Waals surface area contributed by atoms with Gasteiger partial charge in [-0.25, -0.2) is 0 Å². The van der Waals surface area contributed by atoms with Crippen LogP contribution in [0, 0.1) is 0 Å². The zero-order chi connectivity index (χ0) is 45.4. The number of esters is 2. The van der Waals surface area contributed by atoms with Crippen molar-refractivity contribution in [2.75, 3.05) is 26.4 Å². The molecule has 0 spiro atoms. The number of hydrogen-bond donors (Lipinski definition) is 7. The molecule has 2 heterocycles. The SMILES string of the molecule is CCCC/C=C\CCCCCCCC(=O)OCC(COC1OC(COC2OC(CO)C(O)C(O)C2O)C(O)C(O)C1O)OC(=O)CCCCCCC/C=C\CCCCCCCC. The highest BCUT2D eigenvalue weighted by Crippen LogP contribution is 2.26. The number of carbonyl (C=O) groups is 2. The lowest BCUT2D eigenvalue weighted by molar-refractivity contribution is -0.332. The molecule has 2 fully saturated rings. The molecule has 0 bridgehead atoms. The van der Waals surface area contributed by atoms with Gasteiger partial charge >= 0.3 is 11.9 Å². The molecule has 15 heteroatoms. The van der Waals surface area contributed by atoms with Crippen LogP contribution in [0.4, 0.5) is 0 Å². The molecule has 0 radical (unpaired) electrons. The second-order valence-corrected chi connectivity index (χ2v) is 16.9. The van der Waals surface area contributed by atoms with Crippen LogP contribution in [0.2, 0.25) is 0 Å². The van der Waals surface area contributed by atoms with E-state index in [0.717, 1.165) is 77.0 Å². The Labute approximate surface area is 371 Å². The molecule has 0 aromatic carbocycles. The molecule has 7 N–H and O–H groups in total. The van der Waals surface area contributed by atoms with Gasteiger partial charge in [0.2, 0.25) is 0 Å². The van der Waals surface area contributed by atoms with Crippen molar-refractivity contribution < 1.29 is 73.8 Å². The largest absolute Gasteiger partial charge is 0.462 e. The van der Waals surface area contributed by atoms with Gasteiger partial charge in [0.05, 0.1) is 19.8 Å². The summed E-state index contributed by atoms with van der Waals surface area (Å²) in [4.78, 5) is 25.6. The van der Waals surface area contributed by atoms with E-state index in [0.29, 0.717) is 12.8 Å². The highest BCUT2D eigenvalue weighted by molar-refractivity contribution is 5.70. The summed E-state index contributed by atoms with van der Waals surface area (Å²) in [5.74, 6) is -0.945. The Morgan fingerprint density at radius 2 is 0.935 bits per heavy atom. The lowest BCUT2D eigenvalue weighted by atomic mass is 9.98. The minimum atomic E-state index is -1.76. The summed E-state index contributed by atoms with van der Waals surface area (Å²) in [5.41, 5.74) is 0. The third-order valence-corrected chi connectivity index (χ3v) is 11.4. The summed E-state index contributed by atoms with van der Waals surface area (Å²) >= 11 is 0. The van der Waals surface area contributed by atoms with Crippen molar-refractivity contribution in [3.8, 4) is 0 Å². The van der Waals surface area contributed by atoms with Crippen molar-refractivity contribution in [1.29, 1.82) is 0 Å². The van der Waals surface area contributed by atoms with Crippen molar-refractivity contribution in [3.05, 3.63) is 24.3 Å². The highest BCUT2D eigenvalue weighted by Gasteiger charge is 2.47. The average molecular weight is 889 g/mol. The van der Waals surface area contributed by atoms with Gasteiger partial charge in [0.15, 0.2) is 18.7 Å². The van der Waals surface area contributed by atoms with Crippen LogP contribution in [0.15, 0.2) is 24.3 Å². The van der Waals surface area contributed by atoms with Crippen LogP contribution >= 0.6 is 0 Å². The Bertz CT molecular complexity index is 1180. The fourth-order valence-electron chi connectivity index (χ4n) is 7.37. The quantitative estimate of drug-likeness (QED) is 0.0231. The van der Waals surface area contributed by atoms with E-state index in [-0.39, 0.29) is 26.1 Å². The van der Waals surface area contributed by atoms with Gasteiger partial charge in [0.1, 0.15) is 55.4 Å². The molecule has 0 aromatic rings. The van der Waals surface area contributed by atoms with E-state index in [2.05, 4.69) is 38.2 Å². The van der Waals surface area contributed by atoms with Gasteiger partial charge in [-0.3, -0.25) is 9.59 Å². The smallest absolute Gasteiger partial charge is 0.306 e. The predicted octanol–water partition coefficient (Wildman–Crippen LogP) is 5.60. The molecule has 0 aromatic heterocycles. The Kier molecular flexibility index (Phi) is 31.9. The lowest BCUT2D eigenvalue weighted by Gasteiger charge is -2.42. The monoisotopic (exact) mass is 889 g/mol. The molecule has 11 unspecified atom stereocenters. The van der Waals surface area contributed by atoms with Crippen LogP contribution in [-0.4, -0.2) is 142 Å². The zero-order valence-corrected chi connectivity index (χ0v) is 37.9. The van der Waals surface area contributed by atoms with Gasteiger partial charge in [-0.2, -0.15) is 0 Å². The minimum absolute atomic E-state index is 0.155. The molecular weight excluding hydrogens is 805 g/mol. The number of rotatable bonds is 36. The van der Waals surface area contributed by atoms with E-state index in [1.165, 1.54) is 51.4 Å². The minimum Gasteiger partial charge on any atom is -0.462 e. The van der Waals surface area contributed by atoms with Crippen LogP contribution in [0.1, 0.15) is 168 Å². The van der Waals surface area contributed by atoms with E-state index < -0.39 is 92.7 Å². The molecule has 0 aliphatic carbocycles. The van der Waals surface area contributed by atoms with Gasteiger partial charge in [0.25, 0.3) is 0 Å². The fourth-order valence-corrected chi connectivity index (χ4v) is 7.37. The molecule has 2 aliphatic heterocycles. The van der Waals surface area contributed by atoms with E-state index in [1.54, 1.807) is 0 Å². The highest BCUT2D eigenvalue weighted by atomic mass is 16.7. The number of carbonyl (C=O) groups excluding carboxylic acids is 2. The van der Waals surface area contributed by atoms with Gasteiger partial charge in [-0.05, 0) is 57.8 Å². The van der Waals surface area contributed by atoms with Gasteiger partial charge in [-0.15, -0.1) is 0 Å². The molecule has 0 amide bonds. The van der Waals surface area contributed by atoms with E-state index >= 15 is 0 Å². The van der Waals surface area contributed by atoms with Crippen LogP contribution in [0.25, 0.3) is 0 Å². The molecule has 2 saturated heterocycles. The molecule has 11 atom stereocenters.